The summed E-state index contributed by atoms with van der Waals surface area (Å²) in [6.45, 7) is 0.306. The van der Waals surface area contributed by atoms with Crippen LogP contribution >= 0.6 is 11.3 Å². The van der Waals surface area contributed by atoms with E-state index in [1.165, 1.54) is 11.3 Å². The van der Waals surface area contributed by atoms with Crippen molar-refractivity contribution in [3.05, 3.63) is 52.0 Å². The average Bonchev–Trinajstić information content (AvgIpc) is 2.92. The lowest BCUT2D eigenvalue weighted by Crippen LogP contribution is -2.27. The number of hydrogen-bond donors (Lipinski definition) is 1. The van der Waals surface area contributed by atoms with E-state index in [4.69, 9.17) is 5.26 Å². The minimum absolute atomic E-state index is 0.187. The van der Waals surface area contributed by atoms with E-state index in [-0.39, 0.29) is 5.75 Å². The van der Waals surface area contributed by atoms with Crippen LogP contribution in [-0.2, 0) is 22.2 Å². The first-order valence-corrected chi connectivity index (χ1v) is 8.52. The topological polar surface area (TPSA) is 82.8 Å². The van der Waals surface area contributed by atoms with Crippen molar-refractivity contribution in [2.24, 2.45) is 0 Å². The minimum Gasteiger partial charge on any atom is -0.250 e. The summed E-state index contributed by atoms with van der Waals surface area (Å²) in [5, 5.41) is 10.8. The van der Waals surface area contributed by atoms with Crippen molar-refractivity contribution in [1.29, 1.82) is 5.26 Å². The molecule has 0 atom stereocenters. The van der Waals surface area contributed by atoms with E-state index >= 15 is 0 Å². The van der Waals surface area contributed by atoms with Crippen molar-refractivity contribution in [1.82, 2.24) is 9.71 Å². The molecule has 1 aromatic carbocycles. The van der Waals surface area contributed by atoms with Gasteiger partial charge in [-0.3, -0.25) is 0 Å². The van der Waals surface area contributed by atoms with Gasteiger partial charge >= 0.3 is 0 Å². The Kier molecular flexibility index (Phi) is 4.84. The predicted molar refractivity (Wildman–Crippen MR) is 77.6 cm³/mol. The summed E-state index contributed by atoms with van der Waals surface area (Å²) in [5.74, 6) is -0.187. The Balaban J connectivity index is 1.95. The van der Waals surface area contributed by atoms with Crippen molar-refractivity contribution < 1.29 is 8.42 Å². The molecule has 1 aromatic heterocycles. The van der Waals surface area contributed by atoms with Crippen molar-refractivity contribution in [2.45, 2.75) is 12.2 Å². The molecule has 0 unspecified atom stereocenters. The molecule has 0 spiro atoms. The maximum absolute atomic E-state index is 12.0. The molecule has 0 saturated heterocycles. The summed E-state index contributed by atoms with van der Waals surface area (Å²) in [5.41, 5.74) is 3.48. The molecule has 2 rings (SSSR count). The third-order valence-corrected chi connectivity index (χ3v) is 4.64. The normalized spacial score (nSPS) is 11.2. The molecule has 0 amide bonds. The van der Waals surface area contributed by atoms with E-state index in [1.807, 2.05) is 11.4 Å². The number of thiazole rings is 1. The van der Waals surface area contributed by atoms with Gasteiger partial charge in [0.05, 0.1) is 28.6 Å². The van der Waals surface area contributed by atoms with E-state index in [1.54, 1.807) is 29.8 Å². The highest BCUT2D eigenvalue weighted by molar-refractivity contribution is 7.88. The molecule has 5 nitrogen and oxygen atoms in total. The number of rotatable bonds is 6. The standard InChI is InChI=1S/C13H13N3O2S2/c14-7-11-3-1-2-4-12(11)9-20(17,18)16-6-5-13-8-19-10-15-13/h1-4,8,10,16H,5-6,9H2. The zero-order chi connectivity index (χ0) is 14.4. The zero-order valence-corrected chi connectivity index (χ0v) is 12.2. The van der Waals surface area contributed by atoms with Crippen LogP contribution in [0.1, 0.15) is 16.8 Å². The Hall–Kier alpha value is -1.75. The van der Waals surface area contributed by atoms with Crippen LogP contribution in [0, 0.1) is 11.3 Å². The maximum Gasteiger partial charge on any atom is 0.215 e. The molecule has 0 saturated carbocycles. The van der Waals surface area contributed by atoms with Crippen LogP contribution in [0.2, 0.25) is 0 Å². The largest absolute Gasteiger partial charge is 0.250 e. The van der Waals surface area contributed by atoms with Gasteiger partial charge in [0.25, 0.3) is 0 Å². The molecule has 0 bridgehead atoms. The SMILES string of the molecule is N#Cc1ccccc1CS(=O)(=O)NCCc1cscn1. The summed E-state index contributed by atoms with van der Waals surface area (Å²) in [6, 6.07) is 8.69. The molecule has 104 valence electrons. The summed E-state index contributed by atoms with van der Waals surface area (Å²) >= 11 is 1.48. The molecule has 0 fully saturated rings. The van der Waals surface area contributed by atoms with Crippen LogP contribution in [0.15, 0.2) is 35.2 Å². The first-order valence-electron chi connectivity index (χ1n) is 5.93. The van der Waals surface area contributed by atoms with Crippen LogP contribution in [0.25, 0.3) is 0 Å². The first kappa shape index (κ1) is 14.7. The number of nitrogens with one attached hydrogen (secondary N) is 1. The van der Waals surface area contributed by atoms with Gasteiger partial charge in [0.15, 0.2) is 0 Å². The second-order valence-electron chi connectivity index (χ2n) is 4.15. The van der Waals surface area contributed by atoms with Crippen LogP contribution in [-0.4, -0.2) is 19.9 Å². The van der Waals surface area contributed by atoms with Gasteiger partial charge in [-0.05, 0) is 11.6 Å². The summed E-state index contributed by atoms with van der Waals surface area (Å²) in [4.78, 5) is 4.09. The minimum atomic E-state index is -3.45. The number of sulfonamides is 1. The van der Waals surface area contributed by atoms with E-state index in [2.05, 4.69) is 9.71 Å². The molecule has 1 N–H and O–H groups in total. The first-order chi connectivity index (χ1) is 9.61. The summed E-state index contributed by atoms with van der Waals surface area (Å²) in [7, 11) is -3.45. The van der Waals surface area contributed by atoms with E-state index in [0.29, 0.717) is 24.1 Å². The van der Waals surface area contributed by atoms with Gasteiger partial charge in [0, 0.05) is 18.3 Å². The second kappa shape index (κ2) is 6.61. The van der Waals surface area contributed by atoms with Gasteiger partial charge in [-0.2, -0.15) is 5.26 Å². The molecule has 7 heteroatoms. The van der Waals surface area contributed by atoms with Gasteiger partial charge in [-0.15, -0.1) is 11.3 Å². The van der Waals surface area contributed by atoms with Crippen LogP contribution < -0.4 is 4.72 Å². The molecular formula is C13H13N3O2S2. The molecule has 0 aliphatic rings. The number of hydrogen-bond acceptors (Lipinski definition) is 5. The van der Waals surface area contributed by atoms with Crippen molar-refractivity contribution in [2.75, 3.05) is 6.54 Å². The van der Waals surface area contributed by atoms with Crippen molar-refractivity contribution in [3.8, 4) is 6.07 Å². The Morgan fingerprint density at radius 2 is 2.15 bits per heavy atom. The predicted octanol–water partition coefficient (Wildman–Crippen LogP) is 1.68. The third kappa shape index (κ3) is 4.13. The van der Waals surface area contributed by atoms with Gasteiger partial charge in [-0.25, -0.2) is 18.1 Å². The van der Waals surface area contributed by atoms with E-state index in [0.717, 1.165) is 5.69 Å². The van der Waals surface area contributed by atoms with E-state index in [9.17, 15) is 8.42 Å². The number of benzene rings is 1. The Labute approximate surface area is 122 Å². The highest BCUT2D eigenvalue weighted by Gasteiger charge is 2.13. The molecule has 0 radical (unpaired) electrons. The molecule has 20 heavy (non-hydrogen) atoms. The lowest BCUT2D eigenvalue weighted by Gasteiger charge is -2.07. The Bertz CT molecular complexity index is 703. The average molecular weight is 307 g/mol. The Morgan fingerprint density at radius 1 is 1.35 bits per heavy atom. The van der Waals surface area contributed by atoms with E-state index < -0.39 is 10.0 Å². The zero-order valence-electron chi connectivity index (χ0n) is 10.6. The lowest BCUT2D eigenvalue weighted by atomic mass is 10.1. The molecule has 2 aromatic rings. The lowest BCUT2D eigenvalue weighted by molar-refractivity contribution is 0.580. The smallest absolute Gasteiger partial charge is 0.215 e. The molecular weight excluding hydrogens is 294 g/mol. The second-order valence-corrected chi connectivity index (χ2v) is 6.68. The number of nitrogens with zero attached hydrogens (tertiary/aromatic N) is 2. The molecule has 0 aliphatic carbocycles. The molecule has 0 aliphatic heterocycles. The summed E-state index contributed by atoms with van der Waals surface area (Å²) < 4.78 is 26.4. The van der Waals surface area contributed by atoms with Gasteiger partial charge < -0.3 is 0 Å². The maximum atomic E-state index is 12.0. The van der Waals surface area contributed by atoms with Crippen molar-refractivity contribution >= 4 is 21.4 Å². The van der Waals surface area contributed by atoms with Crippen molar-refractivity contribution in [3.63, 3.8) is 0 Å². The van der Waals surface area contributed by atoms with Crippen LogP contribution in [0.5, 0.6) is 0 Å². The van der Waals surface area contributed by atoms with Crippen LogP contribution in [0.3, 0.4) is 0 Å². The Morgan fingerprint density at radius 3 is 2.85 bits per heavy atom. The van der Waals surface area contributed by atoms with Crippen LogP contribution in [0.4, 0.5) is 0 Å². The number of aromatic nitrogens is 1. The monoisotopic (exact) mass is 307 g/mol. The quantitative estimate of drug-likeness (QED) is 0.880. The fourth-order valence-corrected chi connectivity index (χ4v) is 3.48. The fraction of sp³-hybridized carbons (Fsp3) is 0.231. The highest BCUT2D eigenvalue weighted by atomic mass is 32.2. The third-order valence-electron chi connectivity index (χ3n) is 2.67. The molecule has 1 heterocycles. The summed E-state index contributed by atoms with van der Waals surface area (Å²) in [6.07, 6.45) is 0.558. The fourth-order valence-electron chi connectivity index (χ4n) is 1.71. The van der Waals surface area contributed by atoms with Gasteiger partial charge in [-0.1, -0.05) is 18.2 Å². The van der Waals surface area contributed by atoms with Gasteiger partial charge in [0.1, 0.15) is 0 Å². The number of nitriles is 1. The van der Waals surface area contributed by atoms with Gasteiger partial charge in [0.2, 0.25) is 10.0 Å². The highest BCUT2D eigenvalue weighted by Crippen LogP contribution is 2.11.